The van der Waals surface area contributed by atoms with Crippen LogP contribution in [0.3, 0.4) is 0 Å². The lowest BCUT2D eigenvalue weighted by Crippen LogP contribution is -2.34. The smallest absolute Gasteiger partial charge is 0.472 e. The molecule has 4 N–H and O–H groups in total. The van der Waals surface area contributed by atoms with Crippen molar-refractivity contribution in [2.24, 2.45) is 5.73 Å². The van der Waals surface area contributed by atoms with Crippen LogP contribution in [0.15, 0.2) is 60.8 Å². The number of allylic oxidation sites excluding steroid dienone is 9. The maximum Gasteiger partial charge on any atom is 0.472 e. The first-order valence-electron chi connectivity index (χ1n) is 19.3. The molecule has 3 unspecified atom stereocenters. The van der Waals surface area contributed by atoms with Gasteiger partial charge in [-0.05, 0) is 44.9 Å². The van der Waals surface area contributed by atoms with Gasteiger partial charge in [0, 0.05) is 6.42 Å². The van der Waals surface area contributed by atoms with E-state index < -0.39 is 45.1 Å². The molecule has 51 heavy (non-hydrogen) atoms. The van der Waals surface area contributed by atoms with Crippen LogP contribution in [-0.2, 0) is 32.7 Å². The minimum absolute atomic E-state index is 0.0380. The molecule has 0 fully saturated rings. The maximum absolute atomic E-state index is 12.6. The van der Waals surface area contributed by atoms with Crippen LogP contribution in [0.5, 0.6) is 0 Å². The van der Waals surface area contributed by atoms with Crippen molar-refractivity contribution in [2.75, 3.05) is 26.4 Å². The van der Waals surface area contributed by atoms with Gasteiger partial charge < -0.3 is 25.2 Å². The van der Waals surface area contributed by atoms with E-state index in [1.54, 1.807) is 0 Å². The molecular formula is C40H70NO9P. The Labute approximate surface area is 309 Å². The molecule has 3 atom stereocenters. The van der Waals surface area contributed by atoms with Gasteiger partial charge in [-0.15, -0.1) is 0 Å². The Balaban J connectivity index is 4.43. The van der Waals surface area contributed by atoms with Crippen molar-refractivity contribution in [1.82, 2.24) is 0 Å². The molecule has 0 aliphatic heterocycles. The van der Waals surface area contributed by atoms with Crippen LogP contribution in [0.1, 0.15) is 142 Å². The molecule has 294 valence electrons. The van der Waals surface area contributed by atoms with Gasteiger partial charge in [-0.25, -0.2) is 4.57 Å². The van der Waals surface area contributed by atoms with E-state index in [0.717, 1.165) is 51.4 Å². The van der Waals surface area contributed by atoms with E-state index in [1.807, 2.05) is 12.2 Å². The molecule has 0 radical (unpaired) electrons. The van der Waals surface area contributed by atoms with Crippen molar-refractivity contribution in [1.29, 1.82) is 0 Å². The molecule has 0 saturated carbocycles. The van der Waals surface area contributed by atoms with E-state index in [9.17, 15) is 19.0 Å². The quantitative estimate of drug-likeness (QED) is 0.0245. The second-order valence-corrected chi connectivity index (χ2v) is 14.1. The number of carbonyl (C=O) groups excluding carboxylic acids is 1. The lowest BCUT2D eigenvalue weighted by Gasteiger charge is -2.20. The number of hydrogen-bond acceptors (Lipinski definition) is 8. The number of unbranched alkanes of at least 4 members (excludes halogenated alkanes) is 12. The third-order valence-corrected chi connectivity index (χ3v) is 8.78. The summed E-state index contributed by atoms with van der Waals surface area (Å²) >= 11 is 0. The third-order valence-electron chi connectivity index (χ3n) is 7.83. The molecule has 0 aliphatic carbocycles. The summed E-state index contributed by atoms with van der Waals surface area (Å²) < 4.78 is 33.1. The number of ether oxygens (including phenoxy) is 2. The van der Waals surface area contributed by atoms with Crippen molar-refractivity contribution in [2.45, 2.75) is 154 Å². The molecule has 0 spiro atoms. The minimum Gasteiger partial charge on any atom is -0.480 e. The van der Waals surface area contributed by atoms with Crippen LogP contribution >= 0.6 is 7.82 Å². The van der Waals surface area contributed by atoms with E-state index >= 15 is 0 Å². The second kappa shape index (κ2) is 36.0. The highest BCUT2D eigenvalue weighted by Gasteiger charge is 2.27. The van der Waals surface area contributed by atoms with E-state index in [1.165, 1.54) is 57.8 Å². The van der Waals surface area contributed by atoms with Gasteiger partial charge >= 0.3 is 19.8 Å². The van der Waals surface area contributed by atoms with E-state index in [2.05, 4.69) is 67.0 Å². The number of esters is 1. The number of carboxylic acids is 1. The van der Waals surface area contributed by atoms with Gasteiger partial charge in [-0.2, -0.15) is 0 Å². The zero-order valence-corrected chi connectivity index (χ0v) is 32.6. The maximum atomic E-state index is 12.6. The molecule has 0 aromatic heterocycles. The number of aliphatic carboxylic acids is 1. The molecule has 0 amide bonds. The van der Waals surface area contributed by atoms with E-state index in [4.69, 9.17) is 24.8 Å². The highest BCUT2D eigenvalue weighted by atomic mass is 31.2. The lowest BCUT2D eigenvalue weighted by molar-refractivity contribution is -0.154. The molecule has 0 bridgehead atoms. The Morgan fingerprint density at radius 1 is 0.647 bits per heavy atom. The Kier molecular flexibility index (Phi) is 34.4. The van der Waals surface area contributed by atoms with Crippen molar-refractivity contribution in [3.05, 3.63) is 60.8 Å². The second-order valence-electron chi connectivity index (χ2n) is 12.7. The largest absolute Gasteiger partial charge is 0.480 e. The molecule has 0 aromatic carbocycles. The number of phosphoric acid groups is 1. The third kappa shape index (κ3) is 35.8. The zero-order chi connectivity index (χ0) is 37.7. The number of rotatable bonds is 36. The summed E-state index contributed by atoms with van der Waals surface area (Å²) in [5, 5.41) is 8.86. The number of phosphoric ester groups is 1. The highest BCUT2D eigenvalue weighted by molar-refractivity contribution is 7.47. The van der Waals surface area contributed by atoms with Gasteiger partial charge in [0.05, 0.1) is 26.4 Å². The fourth-order valence-corrected chi connectivity index (χ4v) is 5.62. The van der Waals surface area contributed by atoms with Crippen LogP contribution in [0.2, 0.25) is 0 Å². The first-order valence-corrected chi connectivity index (χ1v) is 20.8. The predicted octanol–water partition coefficient (Wildman–Crippen LogP) is 10.1. The molecule has 10 nitrogen and oxygen atoms in total. The fourth-order valence-electron chi connectivity index (χ4n) is 4.84. The Hall–Kier alpha value is -2.33. The van der Waals surface area contributed by atoms with Gasteiger partial charge in [0.25, 0.3) is 0 Å². The zero-order valence-electron chi connectivity index (χ0n) is 31.7. The summed E-state index contributed by atoms with van der Waals surface area (Å²) in [6.07, 6.45) is 41.5. The van der Waals surface area contributed by atoms with Crippen molar-refractivity contribution >= 4 is 19.8 Å². The molecule has 11 heteroatoms. The summed E-state index contributed by atoms with van der Waals surface area (Å²) in [5.74, 6) is -1.81. The van der Waals surface area contributed by atoms with Crippen LogP contribution in [0, 0.1) is 0 Å². The topological polar surface area (TPSA) is 155 Å². The van der Waals surface area contributed by atoms with Gasteiger partial charge in [-0.1, -0.05) is 152 Å². The Bertz CT molecular complexity index is 1040. The summed E-state index contributed by atoms with van der Waals surface area (Å²) in [6.45, 7) is 3.52. The normalized spacial score (nSPS) is 14.7. The highest BCUT2D eigenvalue weighted by Crippen LogP contribution is 2.43. The summed E-state index contributed by atoms with van der Waals surface area (Å²) in [4.78, 5) is 33.4. The predicted molar refractivity (Wildman–Crippen MR) is 207 cm³/mol. The van der Waals surface area contributed by atoms with Crippen molar-refractivity contribution in [3.8, 4) is 0 Å². The minimum atomic E-state index is -4.63. The van der Waals surface area contributed by atoms with Gasteiger partial charge in [-0.3, -0.25) is 18.6 Å². The van der Waals surface area contributed by atoms with Gasteiger partial charge in [0.1, 0.15) is 12.1 Å². The summed E-state index contributed by atoms with van der Waals surface area (Å²) in [6, 6.07) is -1.48. The van der Waals surface area contributed by atoms with Crippen LogP contribution in [0.4, 0.5) is 0 Å². The van der Waals surface area contributed by atoms with Crippen LogP contribution < -0.4 is 5.73 Å². The Morgan fingerprint density at radius 2 is 1.10 bits per heavy atom. The number of carbonyl (C=O) groups is 2. The monoisotopic (exact) mass is 739 g/mol. The molecule has 0 aromatic rings. The van der Waals surface area contributed by atoms with Gasteiger partial charge in [0.15, 0.2) is 0 Å². The van der Waals surface area contributed by atoms with Crippen LogP contribution in [-0.4, -0.2) is 60.5 Å². The molecule has 0 heterocycles. The molecular weight excluding hydrogens is 669 g/mol. The number of hydrogen-bond donors (Lipinski definition) is 3. The fraction of sp³-hybridized carbons (Fsp3) is 0.700. The molecule has 0 aliphatic rings. The average Bonchev–Trinajstić information content (AvgIpc) is 3.10. The van der Waals surface area contributed by atoms with Gasteiger partial charge in [0.2, 0.25) is 0 Å². The summed E-state index contributed by atoms with van der Waals surface area (Å²) in [5.41, 5.74) is 5.33. The average molecular weight is 740 g/mol. The van der Waals surface area contributed by atoms with E-state index in [-0.39, 0.29) is 13.0 Å². The van der Waals surface area contributed by atoms with Crippen LogP contribution in [0.25, 0.3) is 0 Å². The molecule has 0 saturated heterocycles. The SMILES string of the molecule is CC/C=C\C/C=C\C/C=C\C/C=C\C/C=C\CCOCC(COP(=O)(O)OCC(N)C(=O)O)OC(=O)CCCCCCCCCCCCCCC. The first-order chi connectivity index (χ1) is 24.7. The van der Waals surface area contributed by atoms with Crippen molar-refractivity contribution in [3.63, 3.8) is 0 Å². The molecule has 0 rings (SSSR count). The summed E-state index contributed by atoms with van der Waals surface area (Å²) in [7, 11) is -4.63. The standard InChI is InChI=1S/C40H70NO9P/c1-3-5-7-9-11-13-15-17-18-19-21-23-25-27-29-31-33-47-34-37(35-48-51(45,46)49-36-38(41)40(43)44)50-39(42)32-30-28-26-24-22-20-16-14-12-10-8-6-4-2/h5,7,11,13,17-18,21,23,27,29,37-38H,3-4,6,8-10,12,14-16,19-20,22,24-26,28,30-36,41H2,1-2H3,(H,43,44)(H,45,46)/b7-5-,13-11-,18-17-,23-21-,29-27-. The number of carboxylic acid groups (broad SMARTS) is 1. The van der Waals surface area contributed by atoms with Crippen molar-refractivity contribution < 1.29 is 42.7 Å². The lowest BCUT2D eigenvalue weighted by atomic mass is 10.0. The Morgan fingerprint density at radius 3 is 1.59 bits per heavy atom. The first kappa shape index (κ1) is 48.7. The number of nitrogens with two attached hydrogens (primary N) is 1. The van der Waals surface area contributed by atoms with E-state index in [0.29, 0.717) is 19.4 Å².